The van der Waals surface area contributed by atoms with E-state index in [1.54, 1.807) is 0 Å². The first-order valence-electron chi connectivity index (χ1n) is 7.00. The van der Waals surface area contributed by atoms with Crippen LogP contribution in [0.25, 0.3) is 0 Å². The third kappa shape index (κ3) is 2.10. The van der Waals surface area contributed by atoms with Crippen molar-refractivity contribution in [1.29, 1.82) is 0 Å². The monoisotopic (exact) mass is 308 g/mol. The Morgan fingerprint density at radius 1 is 1.55 bits per heavy atom. The van der Waals surface area contributed by atoms with Gasteiger partial charge in [-0.3, -0.25) is 4.79 Å². The summed E-state index contributed by atoms with van der Waals surface area (Å²) >= 11 is 6.31. The van der Waals surface area contributed by atoms with Gasteiger partial charge in [0.05, 0.1) is 18.9 Å². The lowest BCUT2D eigenvalue weighted by Gasteiger charge is -2.35. The number of amides is 1. The minimum atomic E-state index is -0.333. The fourth-order valence-corrected chi connectivity index (χ4v) is 4.85. The molecule has 3 unspecified atom stereocenters. The van der Waals surface area contributed by atoms with Gasteiger partial charge >= 0.3 is 0 Å². The van der Waals surface area contributed by atoms with Crippen molar-refractivity contribution in [2.75, 3.05) is 19.5 Å². The summed E-state index contributed by atoms with van der Waals surface area (Å²) in [5, 5.41) is 0.811. The number of carbonyl (C=O) groups excluding carboxylic acids is 1. The van der Waals surface area contributed by atoms with Crippen molar-refractivity contribution in [2.45, 2.75) is 25.7 Å². The molecule has 0 spiro atoms. The van der Waals surface area contributed by atoms with Gasteiger partial charge < -0.3 is 4.90 Å². The number of likely N-dealkylation sites (tertiary alicyclic amines) is 1. The van der Waals surface area contributed by atoms with Gasteiger partial charge in [0, 0.05) is 17.0 Å². The van der Waals surface area contributed by atoms with Gasteiger partial charge in [-0.25, -0.2) is 0 Å². The van der Waals surface area contributed by atoms with E-state index >= 15 is 0 Å². The van der Waals surface area contributed by atoms with Gasteiger partial charge in [-0.1, -0.05) is 30.7 Å². The topological polar surface area (TPSA) is 20.3 Å². The van der Waals surface area contributed by atoms with Crippen molar-refractivity contribution in [3.8, 4) is 0 Å². The van der Waals surface area contributed by atoms with E-state index in [1.807, 2.05) is 17.0 Å². The van der Waals surface area contributed by atoms with Crippen molar-refractivity contribution in [3.05, 3.63) is 34.3 Å². The molecule has 1 amide bonds. The summed E-state index contributed by atoms with van der Waals surface area (Å²) in [5.74, 6) is 0.258. The molecule has 0 N–H and O–H groups in total. The summed E-state index contributed by atoms with van der Waals surface area (Å²) in [4.78, 5) is 14.8. The molecule has 1 aliphatic heterocycles. The number of halogens is 1. The highest BCUT2D eigenvalue weighted by Crippen LogP contribution is 2.52. The Kier molecular flexibility index (Phi) is 3.43. The molecule has 1 aromatic carbocycles. The van der Waals surface area contributed by atoms with Crippen LogP contribution in [0.1, 0.15) is 30.4 Å². The van der Waals surface area contributed by atoms with Gasteiger partial charge in [0.1, 0.15) is 7.55 Å². The Morgan fingerprint density at radius 2 is 2.30 bits per heavy atom. The van der Waals surface area contributed by atoms with Crippen LogP contribution in [-0.4, -0.2) is 36.6 Å². The second kappa shape index (κ2) is 4.86. The van der Waals surface area contributed by atoms with Gasteiger partial charge in [-0.2, -0.15) is 0 Å². The molecule has 0 aromatic heterocycles. The first kappa shape index (κ1) is 14.1. The van der Waals surface area contributed by atoms with Crippen LogP contribution in [0.5, 0.6) is 0 Å². The molecule has 3 rings (SSSR count). The van der Waals surface area contributed by atoms with Gasteiger partial charge in [-0.15, -0.1) is 0 Å². The molecular weight excluding hydrogens is 289 g/mol. The summed E-state index contributed by atoms with van der Waals surface area (Å²) in [5.41, 5.74) is 2.39. The van der Waals surface area contributed by atoms with Crippen LogP contribution in [0, 0.1) is 5.41 Å². The van der Waals surface area contributed by atoms with Crippen LogP contribution in [0.15, 0.2) is 18.2 Å². The SMILES string of the molecule is C=[P+](C)CN1CC2(C)CCc3c(Cl)cccc3C2C1=O. The molecule has 1 heterocycles. The predicted molar refractivity (Wildman–Crippen MR) is 87.2 cm³/mol. The standard InChI is InChI=1S/C16H20ClNOP/c1-16-8-7-11-12(5-4-6-13(11)17)14(16)15(19)18(9-16)10-20(2)3/h4-6,14H,2,7-10H2,1,3H3/q+1. The van der Waals surface area contributed by atoms with Crippen LogP contribution >= 0.6 is 19.1 Å². The Bertz CT molecular complexity index is 600. The lowest BCUT2D eigenvalue weighted by molar-refractivity contribution is -0.128. The van der Waals surface area contributed by atoms with E-state index in [0.29, 0.717) is 0 Å². The maximum atomic E-state index is 12.8. The summed E-state index contributed by atoms with van der Waals surface area (Å²) in [6.07, 6.45) is 6.92. The Balaban J connectivity index is 2.03. The molecule has 1 fully saturated rings. The normalized spacial score (nSPS) is 29.1. The van der Waals surface area contributed by atoms with Crippen LogP contribution in [-0.2, 0) is 11.2 Å². The number of hydrogen-bond donors (Lipinski definition) is 0. The van der Waals surface area contributed by atoms with E-state index in [0.717, 1.165) is 36.3 Å². The zero-order valence-electron chi connectivity index (χ0n) is 12.0. The molecule has 0 radical (unpaired) electrons. The van der Waals surface area contributed by atoms with Crippen LogP contribution < -0.4 is 0 Å². The highest BCUT2D eigenvalue weighted by Gasteiger charge is 2.52. The lowest BCUT2D eigenvalue weighted by atomic mass is 9.67. The van der Waals surface area contributed by atoms with E-state index in [-0.39, 0.29) is 24.8 Å². The Labute approximate surface area is 126 Å². The predicted octanol–water partition coefficient (Wildman–Crippen LogP) is 3.72. The molecular formula is C16H20ClNOP+. The molecule has 3 atom stereocenters. The summed E-state index contributed by atoms with van der Waals surface area (Å²) < 4.78 is 0. The number of benzene rings is 1. The first-order valence-corrected chi connectivity index (χ1v) is 9.54. The van der Waals surface area contributed by atoms with Crippen molar-refractivity contribution in [2.24, 2.45) is 5.41 Å². The number of hydrogen-bond acceptors (Lipinski definition) is 1. The minimum absolute atomic E-state index is 0.0140. The van der Waals surface area contributed by atoms with E-state index < -0.39 is 0 Å². The average Bonchev–Trinajstić information content (AvgIpc) is 2.61. The highest BCUT2D eigenvalue weighted by atomic mass is 35.5. The maximum Gasteiger partial charge on any atom is 0.233 e. The molecule has 0 saturated carbocycles. The molecule has 1 aliphatic carbocycles. The highest BCUT2D eigenvalue weighted by molar-refractivity contribution is 7.54. The zero-order valence-corrected chi connectivity index (χ0v) is 13.7. The van der Waals surface area contributed by atoms with Crippen molar-refractivity contribution in [1.82, 2.24) is 4.90 Å². The molecule has 20 heavy (non-hydrogen) atoms. The summed E-state index contributed by atoms with van der Waals surface area (Å²) in [6.45, 7) is 5.24. The van der Waals surface area contributed by atoms with E-state index in [9.17, 15) is 4.79 Å². The van der Waals surface area contributed by atoms with Crippen molar-refractivity contribution < 1.29 is 4.79 Å². The summed E-state index contributed by atoms with van der Waals surface area (Å²) in [6, 6.07) is 5.99. The van der Waals surface area contributed by atoms with Crippen molar-refractivity contribution in [3.63, 3.8) is 0 Å². The molecule has 0 bridgehead atoms. The third-order valence-electron chi connectivity index (χ3n) is 4.63. The second-order valence-corrected chi connectivity index (χ2v) is 8.83. The molecule has 2 nitrogen and oxygen atoms in total. The Hall–Kier alpha value is -0.850. The number of nitrogens with zero attached hydrogens (tertiary/aromatic N) is 1. The second-order valence-electron chi connectivity index (χ2n) is 6.43. The maximum absolute atomic E-state index is 12.8. The van der Waals surface area contributed by atoms with Crippen LogP contribution in [0.4, 0.5) is 0 Å². The molecule has 1 aromatic rings. The first-order chi connectivity index (χ1) is 9.42. The van der Waals surface area contributed by atoms with Gasteiger partial charge in [0.25, 0.3) is 0 Å². The number of rotatable bonds is 2. The largest absolute Gasteiger partial charge is 0.303 e. The molecule has 2 aliphatic rings. The van der Waals surface area contributed by atoms with Gasteiger partial charge in [-0.05, 0) is 30.0 Å². The van der Waals surface area contributed by atoms with Crippen LogP contribution in [0.2, 0.25) is 5.02 Å². The van der Waals surface area contributed by atoms with Crippen molar-refractivity contribution >= 4 is 31.4 Å². The lowest BCUT2D eigenvalue weighted by Crippen LogP contribution is -2.31. The number of carbonyl (C=O) groups is 1. The quantitative estimate of drug-likeness (QED) is 0.763. The summed E-state index contributed by atoms with van der Waals surface area (Å²) in [7, 11) is -0.333. The molecule has 106 valence electrons. The Morgan fingerprint density at radius 3 is 3.00 bits per heavy atom. The number of fused-ring (bicyclic) bond motifs is 3. The fraction of sp³-hybridized carbons (Fsp3) is 0.500. The van der Waals surface area contributed by atoms with E-state index in [1.165, 1.54) is 5.56 Å². The minimum Gasteiger partial charge on any atom is -0.303 e. The van der Waals surface area contributed by atoms with Gasteiger partial charge in [0.2, 0.25) is 5.91 Å². The molecule has 4 heteroatoms. The average molecular weight is 309 g/mol. The van der Waals surface area contributed by atoms with E-state index in [4.69, 9.17) is 11.6 Å². The van der Waals surface area contributed by atoms with E-state index in [2.05, 4.69) is 26.0 Å². The van der Waals surface area contributed by atoms with Crippen LogP contribution in [0.3, 0.4) is 0 Å². The molecule has 1 saturated heterocycles. The fourth-order valence-electron chi connectivity index (χ4n) is 3.75. The smallest absolute Gasteiger partial charge is 0.233 e. The third-order valence-corrected chi connectivity index (χ3v) is 5.81. The zero-order chi connectivity index (χ0) is 14.5. The van der Waals surface area contributed by atoms with Gasteiger partial charge in [0.15, 0.2) is 6.29 Å².